The fourth-order valence-electron chi connectivity index (χ4n) is 2.12. The molecule has 112 valence electrons. The second kappa shape index (κ2) is 7.65. The summed E-state index contributed by atoms with van der Waals surface area (Å²) in [5.74, 6) is 0.704. The Balaban J connectivity index is 1.95. The fraction of sp³-hybridized carbons (Fsp3) is 0.500. The summed E-state index contributed by atoms with van der Waals surface area (Å²) in [6.45, 7) is 4.05. The highest BCUT2D eigenvalue weighted by atomic mass is 16.5. The molecule has 0 bridgehead atoms. The third kappa shape index (κ3) is 4.20. The quantitative estimate of drug-likeness (QED) is 0.779. The monoisotopic (exact) mass is 288 g/mol. The van der Waals surface area contributed by atoms with Crippen LogP contribution in [0.3, 0.4) is 0 Å². The predicted octanol–water partition coefficient (Wildman–Crippen LogP) is 2.23. The Hall–Kier alpha value is -2.06. The Morgan fingerprint density at radius 3 is 2.90 bits per heavy atom. The van der Waals surface area contributed by atoms with Gasteiger partial charge in [0.15, 0.2) is 6.10 Å². The molecule has 1 fully saturated rings. The molecule has 1 atom stereocenters. The average Bonchev–Trinajstić information content (AvgIpc) is 2.55. The Morgan fingerprint density at radius 1 is 1.48 bits per heavy atom. The number of morpholine rings is 1. The number of nitriles is 1. The minimum atomic E-state index is -0.528. The average molecular weight is 288 g/mol. The Labute approximate surface area is 125 Å². The smallest absolute Gasteiger partial charge is 0.254 e. The van der Waals surface area contributed by atoms with Crippen LogP contribution in [0, 0.1) is 11.3 Å². The van der Waals surface area contributed by atoms with E-state index in [0.29, 0.717) is 31.9 Å². The summed E-state index contributed by atoms with van der Waals surface area (Å²) in [6, 6.07) is 9.19. The van der Waals surface area contributed by atoms with Crippen molar-refractivity contribution >= 4 is 5.91 Å². The first-order valence-corrected chi connectivity index (χ1v) is 7.28. The van der Waals surface area contributed by atoms with Crippen molar-refractivity contribution in [3.05, 3.63) is 29.8 Å². The molecule has 1 aromatic carbocycles. The third-order valence-corrected chi connectivity index (χ3v) is 3.37. The zero-order valence-electron chi connectivity index (χ0n) is 12.2. The molecule has 0 aliphatic carbocycles. The molecule has 0 spiro atoms. The number of hydrogen-bond donors (Lipinski definition) is 0. The number of carbonyl (C=O) groups excluding carboxylic acids is 1. The van der Waals surface area contributed by atoms with Gasteiger partial charge in [-0.2, -0.15) is 5.26 Å². The molecule has 1 aliphatic rings. The molecule has 0 saturated carbocycles. The zero-order valence-corrected chi connectivity index (χ0v) is 12.2. The maximum absolute atomic E-state index is 12.4. The van der Waals surface area contributed by atoms with E-state index in [1.54, 1.807) is 17.0 Å². The molecule has 0 radical (unpaired) electrons. The minimum absolute atomic E-state index is 0.0707. The van der Waals surface area contributed by atoms with Crippen molar-refractivity contribution in [1.29, 1.82) is 5.26 Å². The van der Waals surface area contributed by atoms with Gasteiger partial charge in [0.25, 0.3) is 5.91 Å². The van der Waals surface area contributed by atoms with Crippen LogP contribution in [0.2, 0.25) is 0 Å². The summed E-state index contributed by atoms with van der Waals surface area (Å²) >= 11 is 0. The predicted molar refractivity (Wildman–Crippen MR) is 78.1 cm³/mol. The molecule has 1 aliphatic heterocycles. The van der Waals surface area contributed by atoms with E-state index < -0.39 is 6.10 Å². The number of ether oxygens (including phenoxy) is 2. The summed E-state index contributed by atoms with van der Waals surface area (Å²) in [6.07, 6.45) is 1.58. The van der Waals surface area contributed by atoms with Crippen LogP contribution in [0.1, 0.15) is 30.1 Å². The largest absolute Gasteiger partial charge is 0.494 e. The van der Waals surface area contributed by atoms with E-state index in [2.05, 4.69) is 6.92 Å². The Bertz CT molecular complexity index is 507. The van der Waals surface area contributed by atoms with E-state index in [-0.39, 0.29) is 5.91 Å². The lowest BCUT2D eigenvalue weighted by Gasteiger charge is -2.29. The van der Waals surface area contributed by atoms with E-state index in [4.69, 9.17) is 14.7 Å². The molecule has 0 aromatic heterocycles. The van der Waals surface area contributed by atoms with Crippen LogP contribution >= 0.6 is 0 Å². The highest BCUT2D eigenvalue weighted by Crippen LogP contribution is 2.15. The highest BCUT2D eigenvalue weighted by molar-refractivity contribution is 5.94. The molecule has 1 saturated heterocycles. The van der Waals surface area contributed by atoms with Crippen molar-refractivity contribution in [1.82, 2.24) is 4.90 Å². The van der Waals surface area contributed by atoms with Gasteiger partial charge in [-0.05, 0) is 30.7 Å². The zero-order chi connectivity index (χ0) is 15.1. The van der Waals surface area contributed by atoms with Gasteiger partial charge in [0.1, 0.15) is 5.75 Å². The molecular formula is C16H20N2O3. The molecule has 1 aromatic rings. The van der Waals surface area contributed by atoms with Crippen LogP contribution in [-0.4, -0.2) is 43.2 Å². The van der Waals surface area contributed by atoms with E-state index in [0.717, 1.165) is 18.6 Å². The van der Waals surface area contributed by atoms with Gasteiger partial charge < -0.3 is 14.4 Å². The molecule has 1 unspecified atom stereocenters. The van der Waals surface area contributed by atoms with Crippen LogP contribution in [0.5, 0.6) is 5.75 Å². The maximum atomic E-state index is 12.4. The number of benzene rings is 1. The van der Waals surface area contributed by atoms with Crippen molar-refractivity contribution in [3.8, 4) is 11.8 Å². The van der Waals surface area contributed by atoms with E-state index in [9.17, 15) is 4.79 Å². The normalized spacial score (nSPS) is 18.1. The molecule has 21 heavy (non-hydrogen) atoms. The molecule has 5 heteroatoms. The number of rotatable bonds is 5. The van der Waals surface area contributed by atoms with Gasteiger partial charge in [0.05, 0.1) is 25.8 Å². The van der Waals surface area contributed by atoms with Gasteiger partial charge in [-0.25, -0.2) is 0 Å². The standard InChI is InChI=1S/C16H20N2O3/c1-2-3-9-20-14-6-4-13(5-7-14)16(19)18-8-10-21-15(11-17)12-18/h4-7,15H,2-3,8-10,12H2,1H3. The molecule has 5 nitrogen and oxygen atoms in total. The minimum Gasteiger partial charge on any atom is -0.494 e. The van der Waals surface area contributed by atoms with Crippen LogP contribution in [0.15, 0.2) is 24.3 Å². The Kier molecular flexibility index (Phi) is 5.59. The highest BCUT2D eigenvalue weighted by Gasteiger charge is 2.24. The number of amides is 1. The maximum Gasteiger partial charge on any atom is 0.254 e. The summed E-state index contributed by atoms with van der Waals surface area (Å²) in [7, 11) is 0. The lowest BCUT2D eigenvalue weighted by molar-refractivity contribution is 0.00346. The number of hydrogen-bond acceptors (Lipinski definition) is 4. The van der Waals surface area contributed by atoms with Crippen LogP contribution < -0.4 is 4.74 Å². The summed E-state index contributed by atoms with van der Waals surface area (Å²) in [5.41, 5.74) is 0.608. The second-order valence-corrected chi connectivity index (χ2v) is 4.97. The van der Waals surface area contributed by atoms with Crippen molar-refractivity contribution < 1.29 is 14.3 Å². The molecule has 2 rings (SSSR count). The summed E-state index contributed by atoms with van der Waals surface area (Å²) in [5, 5.41) is 8.87. The number of nitrogens with zero attached hydrogens (tertiary/aromatic N) is 2. The second-order valence-electron chi connectivity index (χ2n) is 4.97. The lowest BCUT2D eigenvalue weighted by atomic mass is 10.1. The number of carbonyl (C=O) groups is 1. The third-order valence-electron chi connectivity index (χ3n) is 3.37. The van der Waals surface area contributed by atoms with Gasteiger partial charge in [0.2, 0.25) is 0 Å². The van der Waals surface area contributed by atoms with E-state index >= 15 is 0 Å². The van der Waals surface area contributed by atoms with Gasteiger partial charge in [-0.15, -0.1) is 0 Å². The number of unbranched alkanes of at least 4 members (excludes halogenated alkanes) is 1. The Morgan fingerprint density at radius 2 is 2.24 bits per heavy atom. The first-order valence-electron chi connectivity index (χ1n) is 7.28. The summed E-state index contributed by atoms with van der Waals surface area (Å²) < 4.78 is 10.8. The SMILES string of the molecule is CCCCOc1ccc(C(=O)N2CCOC(C#N)C2)cc1. The van der Waals surface area contributed by atoms with Gasteiger partial charge in [-0.3, -0.25) is 4.79 Å². The van der Waals surface area contributed by atoms with Crippen LogP contribution in [-0.2, 0) is 4.74 Å². The van der Waals surface area contributed by atoms with Gasteiger partial charge in [0, 0.05) is 12.1 Å². The lowest BCUT2D eigenvalue weighted by Crippen LogP contribution is -2.45. The van der Waals surface area contributed by atoms with Gasteiger partial charge >= 0.3 is 0 Å². The molecular weight excluding hydrogens is 268 g/mol. The van der Waals surface area contributed by atoms with Crippen molar-refractivity contribution in [2.75, 3.05) is 26.3 Å². The van der Waals surface area contributed by atoms with Crippen LogP contribution in [0.25, 0.3) is 0 Å². The molecule has 0 N–H and O–H groups in total. The first kappa shape index (κ1) is 15.3. The van der Waals surface area contributed by atoms with Crippen molar-refractivity contribution in [3.63, 3.8) is 0 Å². The van der Waals surface area contributed by atoms with Crippen LogP contribution in [0.4, 0.5) is 0 Å². The molecule has 1 amide bonds. The van der Waals surface area contributed by atoms with Gasteiger partial charge in [-0.1, -0.05) is 13.3 Å². The molecule has 1 heterocycles. The summed E-state index contributed by atoms with van der Waals surface area (Å²) in [4.78, 5) is 14.0. The van der Waals surface area contributed by atoms with E-state index in [1.165, 1.54) is 0 Å². The first-order chi connectivity index (χ1) is 10.2. The topological polar surface area (TPSA) is 62.6 Å². The fourth-order valence-corrected chi connectivity index (χ4v) is 2.12. The van der Waals surface area contributed by atoms with Crippen molar-refractivity contribution in [2.24, 2.45) is 0 Å². The van der Waals surface area contributed by atoms with E-state index in [1.807, 2.05) is 18.2 Å². The van der Waals surface area contributed by atoms with Crippen molar-refractivity contribution in [2.45, 2.75) is 25.9 Å².